The molecule has 1 saturated carbocycles. The standard InChI is InChI=1S/C26H31F2N5O3/c1-15(29-2)24(34)31-21(16-8-4-3-5-9-16)26(36)33-20(14-17-10-7-13-30-23(17)33)25(35)32-22-18(27)11-6-12-19(22)28/h6-7,10-13,15-16,20-21,29H,3-5,8-9,14H2,1-2H3,(H,31,34)(H,32,35)/t15-,20-,21-/m0/s1. The van der Waals surface area contributed by atoms with Crippen LogP contribution in [-0.4, -0.2) is 47.9 Å². The number of nitrogens with zero attached hydrogens (tertiary/aromatic N) is 2. The van der Waals surface area contributed by atoms with E-state index >= 15 is 0 Å². The number of nitrogens with one attached hydrogen (secondary N) is 3. The summed E-state index contributed by atoms with van der Waals surface area (Å²) in [5.74, 6) is -3.12. The van der Waals surface area contributed by atoms with Gasteiger partial charge in [-0.1, -0.05) is 31.4 Å². The van der Waals surface area contributed by atoms with E-state index < -0.39 is 47.3 Å². The van der Waals surface area contributed by atoms with E-state index in [1.54, 1.807) is 26.1 Å². The number of carbonyl (C=O) groups is 3. The summed E-state index contributed by atoms with van der Waals surface area (Å²) < 4.78 is 28.5. The lowest BCUT2D eigenvalue weighted by Gasteiger charge is -2.35. The lowest BCUT2D eigenvalue weighted by atomic mass is 9.83. The number of hydrogen-bond donors (Lipinski definition) is 3. The molecule has 2 heterocycles. The van der Waals surface area contributed by atoms with Crippen LogP contribution in [0, 0.1) is 17.6 Å². The van der Waals surface area contributed by atoms with E-state index in [0.717, 1.165) is 44.2 Å². The number of likely N-dealkylation sites (N-methyl/N-ethyl adjacent to an activating group) is 1. The third-order valence-electron chi connectivity index (χ3n) is 7.08. The molecular weight excluding hydrogens is 468 g/mol. The van der Waals surface area contributed by atoms with E-state index in [4.69, 9.17) is 0 Å². The van der Waals surface area contributed by atoms with Gasteiger partial charge in [0.2, 0.25) is 11.8 Å². The quantitative estimate of drug-likeness (QED) is 0.544. The van der Waals surface area contributed by atoms with Gasteiger partial charge in [0.1, 0.15) is 35.2 Å². The number of benzene rings is 1. The summed E-state index contributed by atoms with van der Waals surface area (Å²) in [5, 5.41) is 8.10. The van der Waals surface area contributed by atoms with Gasteiger partial charge in [-0.2, -0.15) is 0 Å². The number of amides is 3. The lowest BCUT2D eigenvalue weighted by Crippen LogP contribution is -2.58. The fraction of sp³-hybridized carbons (Fsp3) is 0.462. The Labute approximate surface area is 208 Å². The number of halogens is 2. The van der Waals surface area contributed by atoms with Crippen molar-refractivity contribution in [2.75, 3.05) is 17.3 Å². The summed E-state index contributed by atoms with van der Waals surface area (Å²) >= 11 is 0. The molecule has 3 N–H and O–H groups in total. The predicted molar refractivity (Wildman–Crippen MR) is 131 cm³/mol. The Morgan fingerprint density at radius 1 is 1.06 bits per heavy atom. The Morgan fingerprint density at radius 3 is 2.42 bits per heavy atom. The molecule has 1 aliphatic heterocycles. The van der Waals surface area contributed by atoms with Crippen LogP contribution in [0.15, 0.2) is 36.5 Å². The van der Waals surface area contributed by atoms with E-state index in [1.165, 1.54) is 17.2 Å². The van der Waals surface area contributed by atoms with Crippen molar-refractivity contribution in [2.45, 2.75) is 63.6 Å². The first-order valence-corrected chi connectivity index (χ1v) is 12.3. The number of anilines is 2. The number of carbonyl (C=O) groups excluding carboxylic acids is 3. The molecule has 10 heteroatoms. The Balaban J connectivity index is 1.67. The highest BCUT2D eigenvalue weighted by Gasteiger charge is 2.44. The minimum atomic E-state index is -1.08. The number of para-hydroxylation sites is 1. The summed E-state index contributed by atoms with van der Waals surface area (Å²) in [6, 6.07) is 4.30. The molecule has 1 aromatic carbocycles. The molecule has 3 atom stereocenters. The monoisotopic (exact) mass is 499 g/mol. The Hall–Kier alpha value is -3.40. The molecule has 1 aromatic heterocycles. The van der Waals surface area contributed by atoms with Gasteiger partial charge >= 0.3 is 0 Å². The summed E-state index contributed by atoms with van der Waals surface area (Å²) in [6.45, 7) is 1.70. The maximum absolute atomic E-state index is 14.2. The number of pyridine rings is 1. The molecule has 0 unspecified atom stereocenters. The minimum Gasteiger partial charge on any atom is -0.343 e. The largest absolute Gasteiger partial charge is 0.343 e. The number of aromatic nitrogens is 1. The first-order chi connectivity index (χ1) is 17.3. The van der Waals surface area contributed by atoms with Gasteiger partial charge in [0, 0.05) is 12.6 Å². The van der Waals surface area contributed by atoms with Gasteiger partial charge in [-0.15, -0.1) is 0 Å². The zero-order chi connectivity index (χ0) is 25.8. The van der Waals surface area contributed by atoms with Gasteiger partial charge in [0.05, 0.1) is 6.04 Å². The third kappa shape index (κ3) is 5.23. The van der Waals surface area contributed by atoms with Gasteiger partial charge in [0.15, 0.2) is 0 Å². The smallest absolute Gasteiger partial charge is 0.251 e. The van der Waals surface area contributed by atoms with Crippen LogP contribution < -0.4 is 20.9 Å². The van der Waals surface area contributed by atoms with Crippen LogP contribution in [0.5, 0.6) is 0 Å². The van der Waals surface area contributed by atoms with Crippen LogP contribution in [0.3, 0.4) is 0 Å². The van der Waals surface area contributed by atoms with Gasteiger partial charge in [-0.25, -0.2) is 13.8 Å². The zero-order valence-electron chi connectivity index (χ0n) is 20.4. The topological polar surface area (TPSA) is 103 Å². The molecule has 1 fully saturated rings. The van der Waals surface area contributed by atoms with Crippen LogP contribution >= 0.6 is 0 Å². The van der Waals surface area contributed by atoms with Crippen molar-refractivity contribution in [3.63, 3.8) is 0 Å². The lowest BCUT2D eigenvalue weighted by molar-refractivity contribution is -0.131. The van der Waals surface area contributed by atoms with Gasteiger partial charge in [0.25, 0.3) is 5.91 Å². The van der Waals surface area contributed by atoms with Crippen LogP contribution in [0.4, 0.5) is 20.3 Å². The van der Waals surface area contributed by atoms with Crippen molar-refractivity contribution >= 4 is 29.2 Å². The van der Waals surface area contributed by atoms with Crippen LogP contribution in [0.2, 0.25) is 0 Å². The van der Waals surface area contributed by atoms with Crippen molar-refractivity contribution in [1.29, 1.82) is 0 Å². The Morgan fingerprint density at radius 2 is 1.75 bits per heavy atom. The molecule has 1 aliphatic carbocycles. The maximum Gasteiger partial charge on any atom is 0.251 e. The number of rotatable bonds is 7. The van der Waals surface area contributed by atoms with E-state index in [1.807, 2.05) is 0 Å². The molecule has 0 saturated heterocycles. The van der Waals surface area contributed by atoms with Crippen molar-refractivity contribution < 1.29 is 23.2 Å². The second-order valence-corrected chi connectivity index (χ2v) is 9.39. The van der Waals surface area contributed by atoms with Crippen molar-refractivity contribution in [2.24, 2.45) is 5.92 Å². The molecule has 192 valence electrons. The molecule has 4 rings (SSSR count). The highest BCUT2D eigenvalue weighted by molar-refractivity contribution is 6.09. The van der Waals surface area contributed by atoms with Crippen molar-refractivity contribution in [3.05, 3.63) is 53.7 Å². The minimum absolute atomic E-state index is 0.0975. The molecule has 2 aliphatic rings. The third-order valence-corrected chi connectivity index (χ3v) is 7.08. The summed E-state index contributed by atoms with van der Waals surface area (Å²) in [6.07, 6.45) is 6.14. The van der Waals surface area contributed by atoms with Crippen molar-refractivity contribution in [3.8, 4) is 0 Å². The molecule has 36 heavy (non-hydrogen) atoms. The molecule has 2 aromatic rings. The SMILES string of the molecule is CN[C@@H](C)C(=O)N[C@H](C(=O)N1c2ncccc2C[C@H]1C(=O)Nc1c(F)cccc1F)C1CCCCC1. The normalized spacial score (nSPS) is 19.3. The number of fused-ring (bicyclic) bond motifs is 1. The molecule has 8 nitrogen and oxygen atoms in total. The first-order valence-electron chi connectivity index (χ1n) is 12.3. The summed E-state index contributed by atoms with van der Waals surface area (Å²) in [7, 11) is 1.66. The molecule has 0 spiro atoms. The Bertz CT molecular complexity index is 1120. The average molecular weight is 500 g/mol. The molecule has 0 radical (unpaired) electrons. The second-order valence-electron chi connectivity index (χ2n) is 9.39. The number of hydrogen-bond acceptors (Lipinski definition) is 5. The maximum atomic E-state index is 14.2. The summed E-state index contributed by atoms with van der Waals surface area (Å²) in [5.41, 5.74) is 0.0936. The molecule has 0 bridgehead atoms. The zero-order valence-corrected chi connectivity index (χ0v) is 20.4. The fourth-order valence-corrected chi connectivity index (χ4v) is 4.95. The highest BCUT2D eigenvalue weighted by Crippen LogP contribution is 2.34. The van der Waals surface area contributed by atoms with E-state index in [2.05, 4.69) is 20.9 Å². The fourth-order valence-electron chi connectivity index (χ4n) is 4.95. The van der Waals surface area contributed by atoms with E-state index in [0.29, 0.717) is 11.4 Å². The Kier molecular flexibility index (Phi) is 7.93. The first kappa shape index (κ1) is 25.7. The predicted octanol–water partition coefficient (Wildman–Crippen LogP) is 2.93. The van der Waals surface area contributed by atoms with E-state index in [-0.39, 0.29) is 18.2 Å². The molecule has 3 amide bonds. The van der Waals surface area contributed by atoms with Gasteiger partial charge in [-0.3, -0.25) is 19.3 Å². The average Bonchev–Trinajstić information content (AvgIpc) is 3.28. The van der Waals surface area contributed by atoms with E-state index in [9.17, 15) is 23.2 Å². The summed E-state index contributed by atoms with van der Waals surface area (Å²) in [4.78, 5) is 45.8. The second kappa shape index (κ2) is 11.1. The highest BCUT2D eigenvalue weighted by atomic mass is 19.1. The van der Waals surface area contributed by atoms with Crippen LogP contribution in [0.25, 0.3) is 0 Å². The van der Waals surface area contributed by atoms with Crippen LogP contribution in [0.1, 0.15) is 44.6 Å². The van der Waals surface area contributed by atoms with Gasteiger partial charge < -0.3 is 16.0 Å². The van der Waals surface area contributed by atoms with Gasteiger partial charge in [-0.05, 0) is 56.5 Å². The van der Waals surface area contributed by atoms with Crippen LogP contribution in [-0.2, 0) is 20.8 Å². The van der Waals surface area contributed by atoms with Crippen molar-refractivity contribution in [1.82, 2.24) is 15.6 Å². The molecular formula is C26H31F2N5O3.